The third kappa shape index (κ3) is 3.80. The van der Waals surface area contributed by atoms with Crippen LogP contribution in [-0.2, 0) is 4.79 Å². The van der Waals surface area contributed by atoms with Gasteiger partial charge in [0.2, 0.25) is 5.91 Å². The maximum Gasteiger partial charge on any atom is 0.237 e. The van der Waals surface area contributed by atoms with Gasteiger partial charge in [0.1, 0.15) is 0 Å². The molecule has 0 bridgehead atoms. The lowest BCUT2D eigenvalue weighted by molar-refractivity contribution is -0.123. The number of amides is 1. The van der Waals surface area contributed by atoms with E-state index in [4.69, 9.17) is 0 Å². The molecule has 4 nitrogen and oxygen atoms in total. The SMILES string of the molecule is CC(C)C(C)CNC(=O)C1CC(O)CN1. The summed E-state index contributed by atoms with van der Waals surface area (Å²) in [6, 6.07) is -0.209. The summed E-state index contributed by atoms with van der Waals surface area (Å²) in [5.74, 6) is 1.08. The van der Waals surface area contributed by atoms with Crippen LogP contribution in [0.5, 0.6) is 0 Å². The summed E-state index contributed by atoms with van der Waals surface area (Å²) in [5, 5.41) is 15.2. The highest BCUT2D eigenvalue weighted by Gasteiger charge is 2.27. The molecule has 1 saturated heterocycles. The van der Waals surface area contributed by atoms with Crippen molar-refractivity contribution in [2.75, 3.05) is 13.1 Å². The van der Waals surface area contributed by atoms with Gasteiger partial charge in [-0.15, -0.1) is 0 Å². The average molecular weight is 214 g/mol. The van der Waals surface area contributed by atoms with Crippen LogP contribution in [0.2, 0.25) is 0 Å². The zero-order chi connectivity index (χ0) is 11.4. The Balaban J connectivity index is 2.24. The highest BCUT2D eigenvalue weighted by Crippen LogP contribution is 2.09. The minimum absolute atomic E-state index is 0.0130. The van der Waals surface area contributed by atoms with Crippen molar-refractivity contribution in [2.45, 2.75) is 39.3 Å². The second kappa shape index (κ2) is 5.47. The molecule has 3 atom stereocenters. The largest absolute Gasteiger partial charge is 0.392 e. The fourth-order valence-corrected chi connectivity index (χ4v) is 1.54. The van der Waals surface area contributed by atoms with Crippen molar-refractivity contribution >= 4 is 5.91 Å². The number of nitrogens with one attached hydrogen (secondary N) is 2. The van der Waals surface area contributed by atoms with Crippen molar-refractivity contribution in [3.05, 3.63) is 0 Å². The first-order valence-corrected chi connectivity index (χ1v) is 5.70. The van der Waals surface area contributed by atoms with Crippen molar-refractivity contribution in [3.8, 4) is 0 Å². The van der Waals surface area contributed by atoms with Crippen LogP contribution in [0.3, 0.4) is 0 Å². The van der Waals surface area contributed by atoms with E-state index in [-0.39, 0.29) is 18.1 Å². The van der Waals surface area contributed by atoms with Crippen LogP contribution in [0.1, 0.15) is 27.2 Å². The molecule has 3 unspecified atom stereocenters. The smallest absolute Gasteiger partial charge is 0.237 e. The van der Waals surface area contributed by atoms with Gasteiger partial charge in [0, 0.05) is 13.1 Å². The van der Waals surface area contributed by atoms with Crippen LogP contribution in [0, 0.1) is 11.8 Å². The molecule has 1 heterocycles. The van der Waals surface area contributed by atoms with E-state index in [0.717, 1.165) is 0 Å². The van der Waals surface area contributed by atoms with Gasteiger partial charge < -0.3 is 15.7 Å². The van der Waals surface area contributed by atoms with Crippen molar-refractivity contribution in [1.82, 2.24) is 10.6 Å². The van der Waals surface area contributed by atoms with Gasteiger partial charge >= 0.3 is 0 Å². The molecular weight excluding hydrogens is 192 g/mol. The van der Waals surface area contributed by atoms with Crippen LogP contribution >= 0.6 is 0 Å². The second-order valence-electron chi connectivity index (χ2n) is 4.82. The van der Waals surface area contributed by atoms with Crippen LogP contribution in [0.4, 0.5) is 0 Å². The number of aliphatic hydroxyl groups is 1. The lowest BCUT2D eigenvalue weighted by atomic mass is 9.98. The molecule has 0 aromatic carbocycles. The summed E-state index contributed by atoms with van der Waals surface area (Å²) in [6.07, 6.45) is 0.158. The number of aliphatic hydroxyl groups excluding tert-OH is 1. The highest BCUT2D eigenvalue weighted by molar-refractivity contribution is 5.82. The lowest BCUT2D eigenvalue weighted by Gasteiger charge is -2.18. The molecule has 0 spiro atoms. The summed E-state index contributed by atoms with van der Waals surface area (Å²) in [5.41, 5.74) is 0. The van der Waals surface area contributed by atoms with Gasteiger partial charge in [0.05, 0.1) is 12.1 Å². The van der Waals surface area contributed by atoms with Gasteiger partial charge in [-0.2, -0.15) is 0 Å². The molecule has 1 fully saturated rings. The van der Waals surface area contributed by atoms with E-state index in [1.807, 2.05) is 0 Å². The Morgan fingerprint density at radius 3 is 2.67 bits per heavy atom. The summed E-state index contributed by atoms with van der Waals surface area (Å²) in [6.45, 7) is 7.66. The Hall–Kier alpha value is -0.610. The quantitative estimate of drug-likeness (QED) is 0.623. The van der Waals surface area contributed by atoms with Crippen LogP contribution in [0.25, 0.3) is 0 Å². The summed E-state index contributed by atoms with van der Waals surface area (Å²) in [4.78, 5) is 11.6. The van der Waals surface area contributed by atoms with Crippen LogP contribution in [-0.4, -0.2) is 36.2 Å². The van der Waals surface area contributed by atoms with Crippen LogP contribution < -0.4 is 10.6 Å². The molecule has 0 saturated carbocycles. The van der Waals surface area contributed by atoms with E-state index in [9.17, 15) is 9.90 Å². The Kier molecular flexibility index (Phi) is 4.54. The standard InChI is InChI=1S/C11H22N2O2/c1-7(2)8(3)5-13-11(15)10-4-9(14)6-12-10/h7-10,12,14H,4-6H2,1-3H3,(H,13,15). The molecule has 1 amide bonds. The number of hydrogen-bond acceptors (Lipinski definition) is 3. The van der Waals surface area contributed by atoms with E-state index in [1.54, 1.807) is 0 Å². The molecule has 0 aromatic rings. The maximum absolute atomic E-state index is 11.6. The summed E-state index contributed by atoms with van der Waals surface area (Å²) >= 11 is 0. The molecular formula is C11H22N2O2. The van der Waals surface area contributed by atoms with E-state index < -0.39 is 0 Å². The van der Waals surface area contributed by atoms with Crippen molar-refractivity contribution in [3.63, 3.8) is 0 Å². The van der Waals surface area contributed by atoms with Gasteiger partial charge in [-0.1, -0.05) is 20.8 Å². The average Bonchev–Trinajstić information content (AvgIpc) is 2.60. The normalized spacial score (nSPS) is 28.1. The molecule has 1 aliphatic heterocycles. The number of hydrogen-bond donors (Lipinski definition) is 3. The number of carbonyl (C=O) groups excluding carboxylic acids is 1. The van der Waals surface area contributed by atoms with E-state index in [2.05, 4.69) is 31.4 Å². The molecule has 15 heavy (non-hydrogen) atoms. The molecule has 0 aromatic heterocycles. The molecule has 4 heteroatoms. The monoisotopic (exact) mass is 214 g/mol. The molecule has 1 aliphatic rings. The molecule has 88 valence electrons. The third-order valence-electron chi connectivity index (χ3n) is 3.16. The summed E-state index contributed by atoms with van der Waals surface area (Å²) in [7, 11) is 0. The first kappa shape index (κ1) is 12.5. The minimum Gasteiger partial charge on any atom is -0.392 e. The zero-order valence-electron chi connectivity index (χ0n) is 9.79. The van der Waals surface area contributed by atoms with Crippen molar-refractivity contribution < 1.29 is 9.90 Å². The van der Waals surface area contributed by atoms with E-state index in [0.29, 0.717) is 31.3 Å². The highest BCUT2D eigenvalue weighted by atomic mass is 16.3. The van der Waals surface area contributed by atoms with Gasteiger partial charge in [-0.3, -0.25) is 4.79 Å². The van der Waals surface area contributed by atoms with Gasteiger partial charge in [0.25, 0.3) is 0 Å². The summed E-state index contributed by atoms with van der Waals surface area (Å²) < 4.78 is 0. The fraction of sp³-hybridized carbons (Fsp3) is 0.909. The number of β-amino-alcohol motifs (C(OH)–C–C–N with tert-alkyl or cyclic N) is 1. The number of rotatable bonds is 4. The molecule has 0 radical (unpaired) electrons. The van der Waals surface area contributed by atoms with Gasteiger partial charge in [-0.25, -0.2) is 0 Å². The van der Waals surface area contributed by atoms with Gasteiger partial charge in [0.15, 0.2) is 0 Å². The fourth-order valence-electron chi connectivity index (χ4n) is 1.54. The van der Waals surface area contributed by atoms with E-state index >= 15 is 0 Å². The maximum atomic E-state index is 11.6. The van der Waals surface area contributed by atoms with Crippen molar-refractivity contribution in [1.29, 1.82) is 0 Å². The zero-order valence-corrected chi connectivity index (χ0v) is 9.79. The number of carbonyl (C=O) groups is 1. The molecule has 1 rings (SSSR count). The Bertz CT molecular complexity index is 219. The lowest BCUT2D eigenvalue weighted by Crippen LogP contribution is -2.42. The first-order valence-electron chi connectivity index (χ1n) is 5.70. The Morgan fingerprint density at radius 2 is 2.20 bits per heavy atom. The minimum atomic E-state index is -0.372. The molecule has 0 aliphatic carbocycles. The second-order valence-corrected chi connectivity index (χ2v) is 4.82. The molecule has 3 N–H and O–H groups in total. The van der Waals surface area contributed by atoms with E-state index in [1.165, 1.54) is 0 Å². The topological polar surface area (TPSA) is 61.4 Å². The predicted molar refractivity (Wildman–Crippen MR) is 59.4 cm³/mol. The van der Waals surface area contributed by atoms with Gasteiger partial charge in [-0.05, 0) is 18.3 Å². The van der Waals surface area contributed by atoms with Crippen molar-refractivity contribution in [2.24, 2.45) is 11.8 Å². The predicted octanol–water partition coefficient (Wildman–Crippen LogP) is 0.118. The Morgan fingerprint density at radius 1 is 1.53 bits per heavy atom. The Labute approximate surface area is 91.4 Å². The first-order chi connectivity index (χ1) is 7.00. The van der Waals surface area contributed by atoms with Crippen LogP contribution in [0.15, 0.2) is 0 Å². The third-order valence-corrected chi connectivity index (χ3v) is 3.16.